The van der Waals surface area contributed by atoms with Crippen molar-refractivity contribution < 1.29 is 0 Å². The highest BCUT2D eigenvalue weighted by Crippen LogP contribution is 2.45. The molecule has 0 aromatic carbocycles. The van der Waals surface area contributed by atoms with Gasteiger partial charge in [-0.15, -0.1) is 45.3 Å². The molecule has 0 nitrogen and oxygen atoms in total. The van der Waals surface area contributed by atoms with Gasteiger partial charge < -0.3 is 0 Å². The van der Waals surface area contributed by atoms with E-state index in [9.17, 15) is 0 Å². The van der Waals surface area contributed by atoms with Crippen LogP contribution < -0.4 is 0 Å². The Hall–Kier alpha value is -0.940. The highest BCUT2D eigenvalue weighted by atomic mass is 32.1. The third-order valence-corrected chi connectivity index (χ3v) is 6.82. The molecule has 0 atom stereocenters. The molecule has 0 saturated carbocycles. The van der Waals surface area contributed by atoms with Gasteiger partial charge in [-0.25, -0.2) is 0 Å². The van der Waals surface area contributed by atoms with Crippen LogP contribution in [0.15, 0.2) is 45.8 Å². The third kappa shape index (κ3) is 1.61. The van der Waals surface area contributed by atoms with E-state index >= 15 is 0 Å². The first kappa shape index (κ1) is 10.9. The molecule has 4 rings (SSSR count). The summed E-state index contributed by atoms with van der Waals surface area (Å²) in [6.07, 6.45) is 0. The van der Waals surface area contributed by atoms with Crippen molar-refractivity contribution in [2.45, 2.75) is 0 Å². The summed E-state index contributed by atoms with van der Waals surface area (Å²) in [7, 11) is 0. The predicted octanol–water partition coefficient (Wildman–Crippen LogP) is 6.42. The average Bonchev–Trinajstić information content (AvgIpc) is 3.14. The van der Waals surface area contributed by atoms with Crippen LogP contribution in [-0.2, 0) is 0 Å². The van der Waals surface area contributed by atoms with Crippen molar-refractivity contribution >= 4 is 54.7 Å². The summed E-state index contributed by atoms with van der Waals surface area (Å²) in [6, 6.07) is 8.65. The molecule has 0 spiro atoms. The van der Waals surface area contributed by atoms with Crippen LogP contribution in [0, 0.1) is 0 Å². The van der Waals surface area contributed by atoms with Crippen molar-refractivity contribution in [2.24, 2.45) is 0 Å². The van der Waals surface area contributed by atoms with Gasteiger partial charge in [0.15, 0.2) is 0 Å². The minimum Gasteiger partial charge on any atom is -0.144 e. The van der Waals surface area contributed by atoms with E-state index in [2.05, 4.69) is 45.8 Å². The van der Waals surface area contributed by atoms with Gasteiger partial charge in [-0.3, -0.25) is 0 Å². The maximum atomic E-state index is 2.30. The molecule has 0 radical (unpaired) electrons. The standard InChI is InChI=1S/C14H8S4/c1-3-11(15-5-1)9-7-17-14-10(8-18-13(9)14)12-4-2-6-16-12/h1-8H. The summed E-state index contributed by atoms with van der Waals surface area (Å²) in [5.41, 5.74) is 2.80. The first-order valence-corrected chi connectivity index (χ1v) is 9.02. The predicted molar refractivity (Wildman–Crippen MR) is 86.3 cm³/mol. The second-order valence-corrected chi connectivity index (χ2v) is 7.57. The van der Waals surface area contributed by atoms with Crippen LogP contribution in [0.4, 0.5) is 0 Å². The Kier molecular flexibility index (Phi) is 2.62. The Morgan fingerprint density at radius 1 is 0.611 bits per heavy atom. The number of thiophene rings is 4. The van der Waals surface area contributed by atoms with Gasteiger partial charge >= 0.3 is 0 Å². The molecule has 0 amide bonds. The van der Waals surface area contributed by atoms with Crippen molar-refractivity contribution in [2.75, 3.05) is 0 Å². The highest BCUT2D eigenvalue weighted by Gasteiger charge is 2.14. The van der Waals surface area contributed by atoms with Crippen molar-refractivity contribution in [1.29, 1.82) is 0 Å². The van der Waals surface area contributed by atoms with Gasteiger partial charge in [0.05, 0.1) is 9.40 Å². The topological polar surface area (TPSA) is 0 Å². The first-order valence-electron chi connectivity index (χ1n) is 5.50. The van der Waals surface area contributed by atoms with Gasteiger partial charge in [0.2, 0.25) is 0 Å². The van der Waals surface area contributed by atoms with Gasteiger partial charge in [-0.2, -0.15) is 0 Å². The fraction of sp³-hybridized carbons (Fsp3) is 0. The molecule has 18 heavy (non-hydrogen) atoms. The minimum atomic E-state index is 1.38. The molecule has 0 aliphatic rings. The molecule has 0 aliphatic heterocycles. The highest BCUT2D eigenvalue weighted by molar-refractivity contribution is 7.29. The van der Waals surface area contributed by atoms with E-state index < -0.39 is 0 Å². The summed E-state index contributed by atoms with van der Waals surface area (Å²) in [5.74, 6) is 0. The van der Waals surface area contributed by atoms with E-state index in [1.54, 1.807) is 0 Å². The van der Waals surface area contributed by atoms with Gasteiger partial charge in [0.1, 0.15) is 0 Å². The van der Waals surface area contributed by atoms with Gasteiger partial charge in [0.25, 0.3) is 0 Å². The van der Waals surface area contributed by atoms with E-state index in [-0.39, 0.29) is 0 Å². The Labute approximate surface area is 121 Å². The minimum absolute atomic E-state index is 1.38. The molecule has 4 heteroatoms. The molecule has 0 saturated heterocycles. The van der Waals surface area contributed by atoms with Crippen LogP contribution in [0.25, 0.3) is 30.3 Å². The summed E-state index contributed by atoms with van der Waals surface area (Å²) in [4.78, 5) is 2.75. The van der Waals surface area contributed by atoms with Crippen LogP contribution >= 0.6 is 45.3 Å². The molecule has 4 heterocycles. The van der Waals surface area contributed by atoms with E-state index in [1.807, 2.05) is 45.3 Å². The lowest BCUT2D eigenvalue weighted by molar-refractivity contribution is 1.95. The number of fused-ring (bicyclic) bond motifs is 1. The smallest absolute Gasteiger partial charge is 0.0544 e. The van der Waals surface area contributed by atoms with Crippen molar-refractivity contribution in [3.63, 3.8) is 0 Å². The zero-order chi connectivity index (χ0) is 11.9. The molecular formula is C14H8S4. The van der Waals surface area contributed by atoms with Gasteiger partial charge in [0, 0.05) is 31.6 Å². The molecule has 0 unspecified atom stereocenters. The SMILES string of the molecule is c1csc(-c2csc3c(-c4cccs4)csc23)c1. The van der Waals surface area contributed by atoms with Crippen LogP contribution in [0.2, 0.25) is 0 Å². The monoisotopic (exact) mass is 304 g/mol. The van der Waals surface area contributed by atoms with Gasteiger partial charge in [-0.05, 0) is 22.9 Å². The van der Waals surface area contributed by atoms with Crippen LogP contribution in [0.3, 0.4) is 0 Å². The Morgan fingerprint density at radius 2 is 1.11 bits per heavy atom. The second-order valence-electron chi connectivity index (χ2n) is 3.91. The summed E-state index contributed by atoms with van der Waals surface area (Å²) < 4.78 is 2.87. The average molecular weight is 304 g/mol. The lowest BCUT2D eigenvalue weighted by atomic mass is 10.2. The molecule has 0 aliphatic carbocycles. The van der Waals surface area contributed by atoms with Crippen molar-refractivity contribution in [1.82, 2.24) is 0 Å². The van der Waals surface area contributed by atoms with Crippen molar-refractivity contribution in [3.05, 3.63) is 45.8 Å². The fourth-order valence-electron chi connectivity index (χ4n) is 2.02. The molecule has 0 fully saturated rings. The van der Waals surface area contributed by atoms with E-state index in [0.717, 1.165) is 0 Å². The Bertz CT molecular complexity index is 701. The third-order valence-electron chi connectivity index (χ3n) is 2.86. The molecular weight excluding hydrogens is 296 g/mol. The van der Waals surface area contributed by atoms with Crippen LogP contribution in [-0.4, -0.2) is 0 Å². The maximum absolute atomic E-state index is 2.30. The normalized spacial score (nSPS) is 11.3. The summed E-state index contributed by atoms with van der Waals surface area (Å²) in [6.45, 7) is 0. The lowest BCUT2D eigenvalue weighted by Crippen LogP contribution is -1.63. The van der Waals surface area contributed by atoms with Crippen LogP contribution in [0.5, 0.6) is 0 Å². The number of hydrogen-bond acceptors (Lipinski definition) is 4. The van der Waals surface area contributed by atoms with Crippen LogP contribution in [0.1, 0.15) is 0 Å². The fourth-order valence-corrected chi connectivity index (χ4v) is 6.23. The zero-order valence-corrected chi connectivity index (χ0v) is 12.5. The van der Waals surface area contributed by atoms with Gasteiger partial charge in [-0.1, -0.05) is 12.1 Å². The summed E-state index contributed by atoms with van der Waals surface area (Å²) in [5, 5.41) is 8.88. The molecule has 0 N–H and O–H groups in total. The first-order chi connectivity index (χ1) is 8.93. The number of hydrogen-bond donors (Lipinski definition) is 0. The second kappa shape index (κ2) is 4.31. The van der Waals surface area contributed by atoms with E-state index in [0.29, 0.717) is 0 Å². The quantitative estimate of drug-likeness (QED) is 0.401. The number of rotatable bonds is 2. The molecule has 0 bridgehead atoms. The maximum Gasteiger partial charge on any atom is 0.0544 e. The molecule has 4 aromatic rings. The van der Waals surface area contributed by atoms with Crippen molar-refractivity contribution in [3.8, 4) is 20.9 Å². The Balaban J connectivity index is 1.95. The molecule has 4 aromatic heterocycles. The zero-order valence-electron chi connectivity index (χ0n) is 9.25. The summed E-state index contributed by atoms with van der Waals surface area (Å²) >= 11 is 7.37. The molecule has 88 valence electrons. The lowest BCUT2D eigenvalue weighted by Gasteiger charge is -1.90. The Morgan fingerprint density at radius 3 is 1.50 bits per heavy atom. The largest absolute Gasteiger partial charge is 0.144 e. The van der Waals surface area contributed by atoms with E-state index in [4.69, 9.17) is 0 Å². The van der Waals surface area contributed by atoms with E-state index in [1.165, 1.54) is 30.3 Å².